The quantitative estimate of drug-likeness (QED) is 0.764. The summed E-state index contributed by atoms with van der Waals surface area (Å²) in [7, 11) is 1.60. The van der Waals surface area contributed by atoms with Crippen molar-refractivity contribution in [2.45, 2.75) is 34.2 Å². The van der Waals surface area contributed by atoms with Crippen LogP contribution in [0.4, 0.5) is 4.39 Å². The zero-order chi connectivity index (χ0) is 19.7. The van der Waals surface area contributed by atoms with Crippen LogP contribution < -0.4 is 10.1 Å². The third-order valence-electron chi connectivity index (χ3n) is 4.56. The molecule has 0 radical (unpaired) electrons. The first kappa shape index (κ1) is 18.7. The Balaban J connectivity index is 1.92. The molecule has 27 heavy (non-hydrogen) atoms. The highest BCUT2D eigenvalue weighted by Gasteiger charge is 2.17. The smallest absolute Gasteiger partial charge is 0.253 e. The van der Waals surface area contributed by atoms with Gasteiger partial charge in [0.2, 0.25) is 0 Å². The van der Waals surface area contributed by atoms with Crippen molar-refractivity contribution in [3.05, 3.63) is 57.9 Å². The van der Waals surface area contributed by atoms with Crippen molar-refractivity contribution in [2.75, 3.05) is 7.11 Å². The third-order valence-corrected chi connectivity index (χ3v) is 4.56. The maximum atomic E-state index is 14.0. The van der Waals surface area contributed by atoms with E-state index in [-0.39, 0.29) is 12.1 Å². The Kier molecular flexibility index (Phi) is 5.03. The first-order valence-corrected chi connectivity index (χ1v) is 8.53. The molecule has 2 aromatic heterocycles. The van der Waals surface area contributed by atoms with E-state index >= 15 is 0 Å². The minimum atomic E-state index is -0.531. The topological polar surface area (TPSA) is 77.0 Å². The van der Waals surface area contributed by atoms with Crippen molar-refractivity contribution >= 4 is 16.9 Å². The average molecular weight is 368 g/mol. The van der Waals surface area contributed by atoms with Gasteiger partial charge in [-0.25, -0.2) is 14.4 Å². The minimum Gasteiger partial charge on any atom is -0.496 e. The second-order valence-electron chi connectivity index (χ2n) is 6.44. The molecule has 6 nitrogen and oxygen atoms in total. The lowest BCUT2D eigenvalue weighted by Gasteiger charge is -2.13. The zero-order valence-corrected chi connectivity index (χ0v) is 16.0. The lowest BCUT2D eigenvalue weighted by molar-refractivity contribution is 0.0951. The molecule has 0 aliphatic heterocycles. The Morgan fingerprint density at radius 1 is 1.15 bits per heavy atom. The number of nitrogens with zero attached hydrogens (tertiary/aromatic N) is 3. The summed E-state index contributed by atoms with van der Waals surface area (Å²) < 4.78 is 19.4. The molecule has 0 atom stereocenters. The number of aromatic nitrogens is 3. The van der Waals surface area contributed by atoms with Crippen LogP contribution in [0.5, 0.6) is 5.75 Å². The van der Waals surface area contributed by atoms with Gasteiger partial charge in [-0.1, -0.05) is 0 Å². The summed E-state index contributed by atoms with van der Waals surface area (Å²) in [4.78, 5) is 25.8. The van der Waals surface area contributed by atoms with E-state index in [0.29, 0.717) is 28.1 Å². The van der Waals surface area contributed by atoms with E-state index < -0.39 is 11.7 Å². The lowest BCUT2D eigenvalue weighted by atomic mass is 10.1. The highest BCUT2D eigenvalue weighted by Crippen LogP contribution is 2.24. The maximum Gasteiger partial charge on any atom is 0.253 e. The predicted molar refractivity (Wildman–Crippen MR) is 100 cm³/mol. The van der Waals surface area contributed by atoms with Gasteiger partial charge in [-0.2, -0.15) is 0 Å². The fraction of sp³-hybridized carbons (Fsp3) is 0.300. The van der Waals surface area contributed by atoms with Gasteiger partial charge in [0.15, 0.2) is 0 Å². The number of carbonyl (C=O) groups is 1. The number of hydrogen-bond acceptors (Lipinski definition) is 5. The summed E-state index contributed by atoms with van der Waals surface area (Å²) >= 11 is 0. The van der Waals surface area contributed by atoms with Crippen LogP contribution in [0, 0.1) is 33.5 Å². The van der Waals surface area contributed by atoms with Gasteiger partial charge in [0, 0.05) is 23.4 Å². The highest BCUT2D eigenvalue weighted by atomic mass is 19.1. The number of fused-ring (bicyclic) bond motifs is 1. The third kappa shape index (κ3) is 3.58. The molecular formula is C20H21FN4O2. The van der Waals surface area contributed by atoms with Gasteiger partial charge in [0.25, 0.3) is 5.91 Å². The van der Waals surface area contributed by atoms with E-state index in [9.17, 15) is 9.18 Å². The number of amides is 1. The Labute approximate surface area is 156 Å². The van der Waals surface area contributed by atoms with Gasteiger partial charge in [0.1, 0.15) is 17.1 Å². The number of hydrogen-bond donors (Lipinski definition) is 1. The molecule has 2 heterocycles. The molecule has 0 spiro atoms. The Bertz CT molecular complexity index is 1050. The second kappa shape index (κ2) is 7.26. The van der Waals surface area contributed by atoms with Crippen LogP contribution in [0.2, 0.25) is 0 Å². The number of nitrogens with one attached hydrogen (secondary N) is 1. The van der Waals surface area contributed by atoms with E-state index in [1.807, 2.05) is 13.8 Å². The number of rotatable bonds is 4. The zero-order valence-electron chi connectivity index (χ0n) is 16.0. The first-order valence-electron chi connectivity index (χ1n) is 8.53. The minimum absolute atomic E-state index is 0.150. The van der Waals surface area contributed by atoms with Gasteiger partial charge in [-0.15, -0.1) is 0 Å². The molecule has 0 aliphatic carbocycles. The van der Waals surface area contributed by atoms with E-state index in [1.54, 1.807) is 27.2 Å². The predicted octanol–water partition coefficient (Wildman–Crippen LogP) is 3.34. The summed E-state index contributed by atoms with van der Waals surface area (Å²) in [6.07, 6.45) is 1.70. The summed E-state index contributed by atoms with van der Waals surface area (Å²) in [6, 6.07) is 2.46. The second-order valence-corrected chi connectivity index (χ2v) is 6.44. The highest BCUT2D eigenvalue weighted by molar-refractivity contribution is 6.04. The Morgan fingerprint density at radius 2 is 1.85 bits per heavy atom. The van der Waals surface area contributed by atoms with Crippen LogP contribution in [0.1, 0.15) is 38.6 Å². The molecule has 0 unspecified atom stereocenters. The molecule has 0 bridgehead atoms. The number of pyridine rings is 1. The van der Waals surface area contributed by atoms with Crippen molar-refractivity contribution in [1.29, 1.82) is 0 Å². The Hall–Kier alpha value is -3.09. The molecule has 3 rings (SSSR count). The van der Waals surface area contributed by atoms with Crippen molar-refractivity contribution in [1.82, 2.24) is 20.3 Å². The van der Waals surface area contributed by atoms with Crippen LogP contribution >= 0.6 is 0 Å². The number of ether oxygens (including phenoxy) is 1. The van der Waals surface area contributed by atoms with E-state index in [1.165, 1.54) is 12.1 Å². The molecule has 1 aromatic carbocycles. The van der Waals surface area contributed by atoms with Gasteiger partial charge in [-0.05, 0) is 33.8 Å². The van der Waals surface area contributed by atoms with E-state index in [0.717, 1.165) is 16.9 Å². The largest absolute Gasteiger partial charge is 0.496 e. The maximum absolute atomic E-state index is 14.0. The summed E-state index contributed by atoms with van der Waals surface area (Å²) in [6.45, 7) is 7.58. The van der Waals surface area contributed by atoms with Crippen molar-refractivity contribution < 1.29 is 13.9 Å². The number of halogens is 1. The lowest BCUT2D eigenvalue weighted by Crippen LogP contribution is -2.24. The van der Waals surface area contributed by atoms with Crippen molar-refractivity contribution in [2.24, 2.45) is 0 Å². The molecule has 3 aromatic rings. The Morgan fingerprint density at radius 3 is 2.56 bits per heavy atom. The van der Waals surface area contributed by atoms with Crippen LogP contribution in [0.3, 0.4) is 0 Å². The van der Waals surface area contributed by atoms with Crippen LogP contribution in [0.15, 0.2) is 18.3 Å². The van der Waals surface area contributed by atoms with Crippen molar-refractivity contribution in [3.8, 4) is 5.75 Å². The standard InChI is InChI=1S/C20H21FN4O2/c1-10-8-22-17(11(2)19(10)27-5)9-23-20(26)15-6-14(21)7-16-18(15)25-13(4)12(3)24-16/h6-8H,9H2,1-5H3,(H,23,26). The first-order chi connectivity index (χ1) is 12.8. The number of methoxy groups -OCH3 is 1. The summed E-state index contributed by atoms with van der Waals surface area (Å²) in [5.74, 6) is -0.225. The van der Waals surface area contributed by atoms with Crippen LogP contribution in [0.25, 0.3) is 11.0 Å². The summed E-state index contributed by atoms with van der Waals surface area (Å²) in [5, 5.41) is 2.79. The van der Waals surface area contributed by atoms with Crippen LogP contribution in [-0.2, 0) is 6.54 Å². The van der Waals surface area contributed by atoms with Crippen molar-refractivity contribution in [3.63, 3.8) is 0 Å². The molecule has 0 aliphatic rings. The fourth-order valence-electron chi connectivity index (χ4n) is 2.98. The number of benzene rings is 1. The molecule has 1 amide bonds. The fourth-order valence-corrected chi connectivity index (χ4v) is 2.98. The van der Waals surface area contributed by atoms with E-state index in [4.69, 9.17) is 4.74 Å². The van der Waals surface area contributed by atoms with Crippen LogP contribution in [-0.4, -0.2) is 28.0 Å². The molecule has 0 saturated heterocycles. The molecule has 140 valence electrons. The van der Waals surface area contributed by atoms with E-state index in [2.05, 4.69) is 20.3 Å². The average Bonchev–Trinajstić information content (AvgIpc) is 2.62. The molecular weight excluding hydrogens is 347 g/mol. The monoisotopic (exact) mass is 368 g/mol. The normalized spacial score (nSPS) is 10.9. The molecule has 7 heteroatoms. The van der Waals surface area contributed by atoms with Gasteiger partial charge in [-0.3, -0.25) is 9.78 Å². The van der Waals surface area contributed by atoms with Gasteiger partial charge < -0.3 is 10.1 Å². The van der Waals surface area contributed by atoms with Gasteiger partial charge >= 0.3 is 0 Å². The van der Waals surface area contributed by atoms with Gasteiger partial charge in [0.05, 0.1) is 41.8 Å². The molecule has 0 fully saturated rings. The number of aryl methyl sites for hydroxylation is 3. The number of carbonyl (C=O) groups excluding carboxylic acids is 1. The molecule has 0 saturated carbocycles. The SMILES string of the molecule is COc1c(C)cnc(CNC(=O)c2cc(F)cc3nc(C)c(C)nc23)c1C. The molecule has 1 N–H and O–H groups in total. The summed E-state index contributed by atoms with van der Waals surface area (Å²) in [5.41, 5.74) is 4.74.